The Morgan fingerprint density at radius 2 is 1.68 bits per heavy atom. The molecule has 2 aliphatic rings. The van der Waals surface area contributed by atoms with Crippen molar-refractivity contribution in [2.24, 2.45) is 0 Å². The van der Waals surface area contributed by atoms with Gasteiger partial charge in [-0.25, -0.2) is 18.6 Å². The zero-order valence-corrected chi connectivity index (χ0v) is 36.0. The second-order valence-corrected chi connectivity index (χ2v) is 22.8. The lowest BCUT2D eigenvalue weighted by Gasteiger charge is -2.49. The van der Waals surface area contributed by atoms with Crippen LogP contribution in [0.3, 0.4) is 0 Å². The topological polar surface area (TPSA) is 86.3 Å². The van der Waals surface area contributed by atoms with Gasteiger partial charge in [0.2, 0.25) is 0 Å². The minimum atomic E-state index is -2.28. The Balaban J connectivity index is 1.54. The normalized spacial score (nSPS) is 17.6. The molecule has 9 nitrogen and oxygen atoms in total. The van der Waals surface area contributed by atoms with Crippen LogP contribution in [0.4, 0.5) is 19.4 Å². The lowest BCUT2D eigenvalue weighted by Crippen LogP contribution is -2.66. The highest BCUT2D eigenvalue weighted by molar-refractivity contribution is 6.90. The van der Waals surface area contributed by atoms with E-state index in [1.54, 1.807) is 36.2 Å². The Hall–Kier alpha value is -4.02. The molecule has 6 rings (SSSR count). The molecule has 4 aromatic rings. The summed E-state index contributed by atoms with van der Waals surface area (Å²) in [6.07, 6.45) is 1.20. The molecule has 2 bridgehead atoms. The highest BCUT2D eigenvalue weighted by Gasteiger charge is 2.44. The fraction of sp³-hybridized carbons (Fsp3) is 0.512. The molecule has 2 atom stereocenters. The average molecular weight is 807 g/mol. The monoisotopic (exact) mass is 806 g/mol. The molecule has 2 aliphatic heterocycles. The van der Waals surface area contributed by atoms with Crippen molar-refractivity contribution in [2.45, 2.75) is 104 Å². The zero-order valence-electron chi connectivity index (χ0n) is 34.3. The number of pyridine rings is 2. The maximum atomic E-state index is 17.5. The molecular formula is C43H53ClF2N4O5Si. The van der Waals surface area contributed by atoms with Gasteiger partial charge in [-0.05, 0) is 73.5 Å². The molecule has 0 saturated carbocycles. The number of piperazine rings is 1. The van der Waals surface area contributed by atoms with Crippen LogP contribution < -0.4 is 9.64 Å². The van der Waals surface area contributed by atoms with E-state index in [-0.39, 0.29) is 40.7 Å². The fourth-order valence-corrected chi connectivity index (χ4v) is 14.2. The number of morpholine rings is 1. The van der Waals surface area contributed by atoms with Crippen LogP contribution in [0, 0.1) is 30.0 Å². The zero-order chi connectivity index (χ0) is 40.9. The number of hydrogen-bond acceptors (Lipinski definition) is 8. The minimum absolute atomic E-state index is 0.00423. The van der Waals surface area contributed by atoms with Gasteiger partial charge in [0.15, 0.2) is 12.6 Å². The summed E-state index contributed by atoms with van der Waals surface area (Å²) in [6.45, 7) is 21.8. The molecule has 2 aromatic heterocycles. The van der Waals surface area contributed by atoms with Crippen LogP contribution in [0.1, 0.15) is 73.4 Å². The van der Waals surface area contributed by atoms with Gasteiger partial charge in [0.1, 0.15) is 41.9 Å². The van der Waals surface area contributed by atoms with Crippen LogP contribution in [-0.4, -0.2) is 86.9 Å². The van der Waals surface area contributed by atoms with E-state index in [1.165, 1.54) is 13.2 Å². The van der Waals surface area contributed by atoms with E-state index in [2.05, 4.69) is 53.0 Å². The number of fused-ring (bicyclic) bond motifs is 4. The standard InChI is InChI=1S/C43H53ClF2N4O5Si/c1-24(2)56(25(3)4,26(5)6)15-14-32-35(45)13-12-28-16-31(54-23-52-11)17-33(37(28)32)39-38(46)36-27(7)40(44)48-41(34(36)18-47-39)49-19-29-21-53-22-30(20-49)50(29)42(51)55-43(8,9)10/h12-13,16-18,24-26,29-30H,19-23H2,1-11H3. The highest BCUT2D eigenvalue weighted by atomic mass is 35.5. The Bertz CT molecular complexity index is 2180. The average Bonchev–Trinajstić information content (AvgIpc) is 3.11. The van der Waals surface area contributed by atoms with Gasteiger partial charge in [-0.1, -0.05) is 65.1 Å². The smallest absolute Gasteiger partial charge is 0.411 e. The predicted octanol–water partition coefficient (Wildman–Crippen LogP) is 10.1. The number of amides is 1. The Morgan fingerprint density at radius 3 is 2.27 bits per heavy atom. The van der Waals surface area contributed by atoms with Crippen molar-refractivity contribution in [1.29, 1.82) is 0 Å². The molecule has 56 heavy (non-hydrogen) atoms. The van der Waals surface area contributed by atoms with Crippen molar-refractivity contribution in [3.63, 3.8) is 0 Å². The van der Waals surface area contributed by atoms with Crippen LogP contribution in [0.5, 0.6) is 5.75 Å². The lowest BCUT2D eigenvalue weighted by atomic mass is 9.94. The number of hydrogen-bond donors (Lipinski definition) is 0. The summed E-state index contributed by atoms with van der Waals surface area (Å²) >= 11 is 6.81. The molecule has 2 aromatic carbocycles. The van der Waals surface area contributed by atoms with Crippen LogP contribution >= 0.6 is 11.6 Å². The first-order valence-corrected chi connectivity index (χ1v) is 21.9. The Labute approximate surface area is 335 Å². The number of aromatic nitrogens is 2. The van der Waals surface area contributed by atoms with Crippen molar-refractivity contribution in [3.8, 4) is 28.5 Å². The minimum Gasteiger partial charge on any atom is -0.468 e. The molecule has 13 heteroatoms. The van der Waals surface area contributed by atoms with Gasteiger partial charge in [0.25, 0.3) is 0 Å². The molecular weight excluding hydrogens is 754 g/mol. The number of methoxy groups -OCH3 is 1. The van der Waals surface area contributed by atoms with E-state index in [9.17, 15) is 4.79 Å². The molecule has 2 saturated heterocycles. The molecule has 1 amide bonds. The first-order chi connectivity index (χ1) is 26.4. The first-order valence-electron chi connectivity index (χ1n) is 19.3. The van der Waals surface area contributed by atoms with Crippen LogP contribution in [0.2, 0.25) is 21.8 Å². The molecule has 0 radical (unpaired) electrons. The summed E-state index contributed by atoms with van der Waals surface area (Å²) in [7, 11) is -0.768. The maximum absolute atomic E-state index is 17.5. The quantitative estimate of drug-likeness (QED) is 0.0753. The Morgan fingerprint density at radius 1 is 1.04 bits per heavy atom. The summed E-state index contributed by atoms with van der Waals surface area (Å²) in [4.78, 5) is 26.5. The summed E-state index contributed by atoms with van der Waals surface area (Å²) in [5.74, 6) is 3.04. The van der Waals surface area contributed by atoms with Crippen molar-refractivity contribution in [2.75, 3.05) is 45.1 Å². The number of aryl methyl sites for hydroxylation is 1. The molecule has 4 heterocycles. The number of halogens is 3. The van der Waals surface area contributed by atoms with Crippen LogP contribution in [-0.2, 0) is 14.2 Å². The fourth-order valence-electron chi connectivity index (χ4n) is 8.78. The SMILES string of the molecule is COCOc1cc(-c2ncc3c(N4CC5COCC(C4)N5C(=O)OC(C)(C)C)nc(Cl)c(C)c3c2F)c2c(C#C[Si](C(C)C)(C(C)C)C(C)C)c(F)ccc2c1. The second-order valence-electron chi connectivity index (χ2n) is 16.9. The molecule has 0 aliphatic carbocycles. The summed E-state index contributed by atoms with van der Waals surface area (Å²) < 4.78 is 56.3. The van der Waals surface area contributed by atoms with Crippen molar-refractivity contribution in [1.82, 2.24) is 14.9 Å². The maximum Gasteiger partial charge on any atom is 0.411 e. The summed E-state index contributed by atoms with van der Waals surface area (Å²) in [5.41, 5.74) is 4.93. The second kappa shape index (κ2) is 16.1. The van der Waals surface area contributed by atoms with E-state index in [1.807, 2.05) is 25.7 Å². The molecule has 300 valence electrons. The number of carbonyl (C=O) groups excluding carboxylic acids is 1. The van der Waals surface area contributed by atoms with Crippen LogP contribution in [0.15, 0.2) is 30.5 Å². The highest BCUT2D eigenvalue weighted by Crippen LogP contribution is 2.43. The molecule has 2 fully saturated rings. The van der Waals surface area contributed by atoms with Crippen LogP contribution in [0.25, 0.3) is 32.8 Å². The van der Waals surface area contributed by atoms with Crippen molar-refractivity contribution in [3.05, 3.63) is 58.4 Å². The van der Waals surface area contributed by atoms with E-state index >= 15 is 8.78 Å². The van der Waals surface area contributed by atoms with E-state index < -0.39 is 31.4 Å². The Kier molecular flexibility index (Phi) is 11.9. The number of rotatable bonds is 8. The molecule has 0 N–H and O–H groups in total. The van der Waals surface area contributed by atoms with E-state index in [0.717, 1.165) is 0 Å². The molecule has 2 unspecified atom stereocenters. The number of ether oxygens (including phenoxy) is 4. The van der Waals surface area contributed by atoms with Gasteiger partial charge in [-0.15, -0.1) is 5.54 Å². The number of anilines is 1. The summed E-state index contributed by atoms with van der Waals surface area (Å²) in [5, 5.41) is 1.90. The predicted molar refractivity (Wildman–Crippen MR) is 221 cm³/mol. The van der Waals surface area contributed by atoms with Gasteiger partial charge in [-0.3, -0.25) is 9.88 Å². The largest absolute Gasteiger partial charge is 0.468 e. The van der Waals surface area contributed by atoms with E-state index in [0.29, 0.717) is 81.8 Å². The third-order valence-electron chi connectivity index (χ3n) is 11.2. The number of carbonyl (C=O) groups is 1. The van der Waals surface area contributed by atoms with Crippen molar-refractivity contribution < 1.29 is 32.5 Å². The number of nitrogens with zero attached hydrogens (tertiary/aromatic N) is 4. The molecule has 0 spiro atoms. The third kappa shape index (κ3) is 7.68. The summed E-state index contributed by atoms with van der Waals surface area (Å²) in [6, 6.07) is 5.83. The van der Waals surface area contributed by atoms with Crippen molar-refractivity contribution >= 4 is 53.1 Å². The van der Waals surface area contributed by atoms with E-state index in [4.69, 9.17) is 40.5 Å². The number of benzene rings is 2. The van der Waals surface area contributed by atoms with Gasteiger partial charge in [0, 0.05) is 48.1 Å². The van der Waals surface area contributed by atoms with Gasteiger partial charge in [0.05, 0.1) is 30.9 Å². The van der Waals surface area contributed by atoms with Gasteiger partial charge < -0.3 is 23.8 Å². The lowest BCUT2D eigenvalue weighted by molar-refractivity contribution is -0.0665. The van der Waals surface area contributed by atoms with Gasteiger partial charge in [-0.2, -0.15) is 0 Å². The first kappa shape index (κ1) is 41.6. The third-order valence-corrected chi connectivity index (χ3v) is 17.9. The van der Waals surface area contributed by atoms with Gasteiger partial charge >= 0.3 is 6.09 Å².